The van der Waals surface area contributed by atoms with E-state index < -0.39 is 0 Å². The average molecular weight is 288 g/mol. The zero-order chi connectivity index (χ0) is 15.1. The van der Waals surface area contributed by atoms with Crippen LogP contribution < -0.4 is 10.2 Å². The molecule has 0 radical (unpaired) electrons. The second-order valence-corrected chi connectivity index (χ2v) is 6.41. The minimum absolute atomic E-state index is 0.722. The lowest BCUT2D eigenvalue weighted by molar-refractivity contribution is 0.553. The molecule has 1 unspecified atom stereocenters. The summed E-state index contributed by atoms with van der Waals surface area (Å²) in [4.78, 5) is 2.69. The van der Waals surface area contributed by atoms with Gasteiger partial charge in [0, 0.05) is 24.8 Å². The Kier molecular flexibility index (Phi) is 6.56. The van der Waals surface area contributed by atoms with Gasteiger partial charge < -0.3 is 10.2 Å². The van der Waals surface area contributed by atoms with E-state index in [0.29, 0.717) is 0 Å². The minimum Gasteiger partial charge on any atom is -0.368 e. The third-order valence-corrected chi connectivity index (χ3v) is 4.64. The van der Waals surface area contributed by atoms with Crippen LogP contribution in [0.2, 0.25) is 0 Å². The first-order chi connectivity index (χ1) is 10.3. The van der Waals surface area contributed by atoms with Crippen LogP contribution in [0.1, 0.15) is 63.5 Å². The number of hydrogen-bond donors (Lipinski definition) is 1. The standard InChI is InChI=1S/C19H32N2/c1-4-12-20-15-17-14-16(3)10-11-19(17)21-13-8-6-7-9-18(21)5-2/h10-11,14,18,20H,4-9,12-13,15H2,1-3H3. The largest absolute Gasteiger partial charge is 0.368 e. The van der Waals surface area contributed by atoms with Crippen LogP contribution >= 0.6 is 0 Å². The minimum atomic E-state index is 0.722. The molecule has 1 atom stereocenters. The summed E-state index contributed by atoms with van der Waals surface area (Å²) in [5, 5.41) is 3.58. The molecule has 2 rings (SSSR count). The van der Waals surface area contributed by atoms with Crippen LogP contribution in [0.5, 0.6) is 0 Å². The van der Waals surface area contributed by atoms with Gasteiger partial charge in [0.15, 0.2) is 0 Å². The van der Waals surface area contributed by atoms with Crippen LogP contribution in [0.3, 0.4) is 0 Å². The molecule has 21 heavy (non-hydrogen) atoms. The number of nitrogens with zero attached hydrogens (tertiary/aromatic N) is 1. The molecule has 1 aliphatic heterocycles. The van der Waals surface area contributed by atoms with E-state index in [0.717, 1.165) is 19.1 Å². The number of rotatable bonds is 6. The highest BCUT2D eigenvalue weighted by Gasteiger charge is 2.21. The molecule has 0 aromatic heterocycles. The van der Waals surface area contributed by atoms with Crippen molar-refractivity contribution in [3.8, 4) is 0 Å². The summed E-state index contributed by atoms with van der Waals surface area (Å²) in [5.41, 5.74) is 4.32. The Morgan fingerprint density at radius 2 is 2.05 bits per heavy atom. The molecule has 1 saturated heterocycles. The predicted molar refractivity (Wildman–Crippen MR) is 93.1 cm³/mol. The van der Waals surface area contributed by atoms with Crippen LogP contribution in [0.4, 0.5) is 5.69 Å². The van der Waals surface area contributed by atoms with E-state index in [9.17, 15) is 0 Å². The van der Waals surface area contributed by atoms with Gasteiger partial charge in [0.05, 0.1) is 0 Å². The molecule has 1 N–H and O–H groups in total. The molecule has 0 amide bonds. The second-order valence-electron chi connectivity index (χ2n) is 6.41. The van der Waals surface area contributed by atoms with Gasteiger partial charge >= 0.3 is 0 Å². The molecule has 1 aromatic carbocycles. The molecule has 0 aliphatic carbocycles. The Balaban J connectivity index is 2.22. The van der Waals surface area contributed by atoms with Gasteiger partial charge in [-0.2, -0.15) is 0 Å². The van der Waals surface area contributed by atoms with Crippen LogP contribution in [0, 0.1) is 6.92 Å². The molecule has 118 valence electrons. The highest BCUT2D eigenvalue weighted by molar-refractivity contribution is 5.56. The molecular formula is C19H32N2. The first kappa shape index (κ1) is 16.4. The number of aryl methyl sites for hydroxylation is 1. The van der Waals surface area contributed by atoms with Crippen molar-refractivity contribution in [2.24, 2.45) is 0 Å². The maximum absolute atomic E-state index is 3.58. The van der Waals surface area contributed by atoms with Gasteiger partial charge in [-0.05, 0) is 50.8 Å². The third-order valence-electron chi connectivity index (χ3n) is 4.64. The van der Waals surface area contributed by atoms with Crippen molar-refractivity contribution < 1.29 is 0 Å². The van der Waals surface area contributed by atoms with Crippen molar-refractivity contribution in [2.45, 2.75) is 71.9 Å². The molecule has 0 bridgehead atoms. The van der Waals surface area contributed by atoms with E-state index in [1.165, 1.54) is 61.9 Å². The summed E-state index contributed by atoms with van der Waals surface area (Å²) in [6.07, 6.45) is 7.93. The molecule has 1 aliphatic rings. The van der Waals surface area contributed by atoms with E-state index in [-0.39, 0.29) is 0 Å². The summed E-state index contributed by atoms with van der Waals surface area (Å²) >= 11 is 0. The Hall–Kier alpha value is -1.02. The van der Waals surface area contributed by atoms with Gasteiger partial charge in [-0.25, -0.2) is 0 Å². The van der Waals surface area contributed by atoms with Crippen molar-refractivity contribution in [1.29, 1.82) is 0 Å². The molecule has 1 aromatic rings. The first-order valence-corrected chi connectivity index (χ1v) is 8.83. The molecule has 1 heterocycles. The van der Waals surface area contributed by atoms with E-state index in [1.807, 2.05) is 0 Å². The summed E-state index contributed by atoms with van der Waals surface area (Å²) in [5.74, 6) is 0. The van der Waals surface area contributed by atoms with Crippen LogP contribution in [0.15, 0.2) is 18.2 Å². The first-order valence-electron chi connectivity index (χ1n) is 8.83. The van der Waals surface area contributed by atoms with E-state index >= 15 is 0 Å². The quantitative estimate of drug-likeness (QED) is 0.766. The van der Waals surface area contributed by atoms with Gasteiger partial charge in [-0.1, -0.05) is 44.4 Å². The SMILES string of the molecule is CCCNCc1cc(C)ccc1N1CCCCCC1CC. The molecule has 0 spiro atoms. The Labute approximate surface area is 130 Å². The van der Waals surface area contributed by atoms with E-state index in [4.69, 9.17) is 0 Å². The Morgan fingerprint density at radius 1 is 1.19 bits per heavy atom. The molecule has 0 saturated carbocycles. The topological polar surface area (TPSA) is 15.3 Å². The molecule has 2 nitrogen and oxygen atoms in total. The highest BCUT2D eigenvalue weighted by atomic mass is 15.2. The maximum atomic E-state index is 3.58. The van der Waals surface area contributed by atoms with Crippen molar-refractivity contribution in [3.63, 3.8) is 0 Å². The average Bonchev–Trinajstić information content (AvgIpc) is 2.73. The van der Waals surface area contributed by atoms with Crippen molar-refractivity contribution in [3.05, 3.63) is 29.3 Å². The normalized spacial score (nSPS) is 19.6. The Morgan fingerprint density at radius 3 is 2.81 bits per heavy atom. The number of anilines is 1. The number of nitrogens with one attached hydrogen (secondary N) is 1. The Bertz CT molecular complexity index is 428. The van der Waals surface area contributed by atoms with Gasteiger partial charge in [0.1, 0.15) is 0 Å². The van der Waals surface area contributed by atoms with Crippen LogP contribution in [0.25, 0.3) is 0 Å². The van der Waals surface area contributed by atoms with Gasteiger partial charge in [-0.15, -0.1) is 0 Å². The third kappa shape index (κ3) is 4.47. The van der Waals surface area contributed by atoms with Gasteiger partial charge in [0.25, 0.3) is 0 Å². The maximum Gasteiger partial charge on any atom is 0.0414 e. The lowest BCUT2D eigenvalue weighted by Gasteiger charge is -2.33. The summed E-state index contributed by atoms with van der Waals surface area (Å²) in [6, 6.07) is 7.72. The second kappa shape index (κ2) is 8.43. The zero-order valence-electron chi connectivity index (χ0n) is 14.1. The van der Waals surface area contributed by atoms with Crippen molar-refractivity contribution in [2.75, 3.05) is 18.0 Å². The summed E-state index contributed by atoms with van der Waals surface area (Å²) < 4.78 is 0. The lowest BCUT2D eigenvalue weighted by atomic mass is 10.0. The highest BCUT2D eigenvalue weighted by Crippen LogP contribution is 2.29. The summed E-state index contributed by atoms with van der Waals surface area (Å²) in [7, 11) is 0. The fourth-order valence-electron chi connectivity index (χ4n) is 3.45. The lowest BCUT2D eigenvalue weighted by Crippen LogP contribution is -2.35. The number of benzene rings is 1. The molecule has 2 heteroatoms. The summed E-state index contributed by atoms with van der Waals surface area (Å²) in [6.45, 7) is 10.1. The van der Waals surface area contributed by atoms with Crippen LogP contribution in [-0.4, -0.2) is 19.1 Å². The van der Waals surface area contributed by atoms with Crippen molar-refractivity contribution >= 4 is 5.69 Å². The van der Waals surface area contributed by atoms with E-state index in [1.54, 1.807) is 0 Å². The smallest absolute Gasteiger partial charge is 0.0414 e. The van der Waals surface area contributed by atoms with E-state index in [2.05, 4.69) is 49.2 Å². The fraction of sp³-hybridized carbons (Fsp3) is 0.684. The predicted octanol–water partition coefficient (Wildman–Crippen LogP) is 4.65. The van der Waals surface area contributed by atoms with Gasteiger partial charge in [-0.3, -0.25) is 0 Å². The van der Waals surface area contributed by atoms with Crippen molar-refractivity contribution in [1.82, 2.24) is 5.32 Å². The molecular weight excluding hydrogens is 256 g/mol. The fourth-order valence-corrected chi connectivity index (χ4v) is 3.45. The monoisotopic (exact) mass is 288 g/mol. The molecule has 1 fully saturated rings. The van der Waals surface area contributed by atoms with Crippen LogP contribution in [-0.2, 0) is 6.54 Å². The zero-order valence-corrected chi connectivity index (χ0v) is 14.1. The van der Waals surface area contributed by atoms with Gasteiger partial charge in [0.2, 0.25) is 0 Å². The number of hydrogen-bond acceptors (Lipinski definition) is 2.